The smallest absolute Gasteiger partial charge is 0.338 e. The fourth-order valence-electron chi connectivity index (χ4n) is 3.54. The number of ether oxygens (including phenoxy) is 1. The predicted octanol–water partition coefficient (Wildman–Crippen LogP) is 4.38. The van der Waals surface area contributed by atoms with Gasteiger partial charge in [0.25, 0.3) is 5.56 Å². The molecule has 3 aromatic rings. The molecule has 0 saturated carbocycles. The summed E-state index contributed by atoms with van der Waals surface area (Å²) in [6.07, 6.45) is 4.84. The van der Waals surface area contributed by atoms with E-state index in [0.717, 1.165) is 41.6 Å². The molecule has 0 bridgehead atoms. The normalized spacial score (nSPS) is 11.0. The molecular formula is C26H30N4O3. The molecule has 0 aliphatic heterocycles. The molecule has 0 spiro atoms. The van der Waals surface area contributed by atoms with Gasteiger partial charge in [-0.1, -0.05) is 55.8 Å². The summed E-state index contributed by atoms with van der Waals surface area (Å²) in [5, 5.41) is 0. The topological polar surface area (TPSA) is 87.7 Å². The van der Waals surface area contributed by atoms with Crippen LogP contribution in [0.2, 0.25) is 0 Å². The lowest BCUT2D eigenvalue weighted by Crippen LogP contribution is -2.18. The molecule has 7 nitrogen and oxygen atoms in total. The molecule has 0 amide bonds. The van der Waals surface area contributed by atoms with Gasteiger partial charge in [0.05, 0.1) is 19.0 Å². The molecule has 3 rings (SSSR count). The number of nitrogens with zero attached hydrogens (tertiary/aromatic N) is 3. The first kappa shape index (κ1) is 23.9. The van der Waals surface area contributed by atoms with E-state index in [1.165, 1.54) is 7.11 Å². The molecule has 0 aliphatic carbocycles. The van der Waals surface area contributed by atoms with Gasteiger partial charge in [0.15, 0.2) is 0 Å². The Labute approximate surface area is 194 Å². The summed E-state index contributed by atoms with van der Waals surface area (Å²) >= 11 is 0. The van der Waals surface area contributed by atoms with E-state index in [0.29, 0.717) is 23.5 Å². The minimum atomic E-state index is -0.370. The van der Waals surface area contributed by atoms with Crippen molar-refractivity contribution in [3.05, 3.63) is 81.3 Å². The van der Waals surface area contributed by atoms with Crippen molar-refractivity contribution in [2.24, 2.45) is 4.99 Å². The third-order valence-electron chi connectivity index (χ3n) is 5.26. The minimum Gasteiger partial charge on any atom is -0.465 e. The molecule has 0 radical (unpaired) electrons. The molecular weight excluding hydrogens is 416 g/mol. The number of aryl methyl sites for hydroxylation is 1. The molecule has 1 heterocycles. The maximum Gasteiger partial charge on any atom is 0.338 e. The standard InChI is InChI=1S/C26H30N4O3/c1-5-6-11-23-22(24(31)29-26(28-23)27-17-30(2)3)16-18-12-14-19(15-13-18)20-9-7-8-10-21(20)25(32)33-4/h7-10,12-15,17H,5-6,11,16H2,1-4H3,(H,28,29,31)/b27-17+. The Hall–Kier alpha value is -3.74. The van der Waals surface area contributed by atoms with Gasteiger partial charge >= 0.3 is 5.97 Å². The number of rotatable bonds is 9. The summed E-state index contributed by atoms with van der Waals surface area (Å²) in [6.45, 7) is 2.12. The number of hydrogen-bond donors (Lipinski definition) is 1. The molecule has 0 unspecified atom stereocenters. The van der Waals surface area contributed by atoms with Gasteiger partial charge in [-0.3, -0.25) is 4.79 Å². The number of nitrogens with one attached hydrogen (secondary N) is 1. The summed E-state index contributed by atoms with van der Waals surface area (Å²) in [4.78, 5) is 38.4. The highest BCUT2D eigenvalue weighted by molar-refractivity contribution is 5.97. The first-order valence-electron chi connectivity index (χ1n) is 11.0. The third-order valence-corrected chi connectivity index (χ3v) is 5.26. The highest BCUT2D eigenvalue weighted by atomic mass is 16.5. The van der Waals surface area contributed by atoms with Crippen LogP contribution in [-0.2, 0) is 17.6 Å². The van der Waals surface area contributed by atoms with Crippen LogP contribution in [0.3, 0.4) is 0 Å². The molecule has 1 N–H and O–H groups in total. The monoisotopic (exact) mass is 446 g/mol. The highest BCUT2D eigenvalue weighted by Crippen LogP contribution is 2.25. The summed E-state index contributed by atoms with van der Waals surface area (Å²) in [6, 6.07) is 15.2. The van der Waals surface area contributed by atoms with Crippen molar-refractivity contribution in [1.82, 2.24) is 14.9 Å². The molecule has 0 fully saturated rings. The first-order valence-corrected chi connectivity index (χ1v) is 11.0. The zero-order valence-electron chi connectivity index (χ0n) is 19.6. The number of H-pyrrole nitrogens is 1. The molecule has 1 aromatic heterocycles. The Morgan fingerprint density at radius 2 is 1.88 bits per heavy atom. The van der Waals surface area contributed by atoms with E-state index in [1.54, 1.807) is 17.3 Å². The molecule has 0 atom stereocenters. The molecule has 33 heavy (non-hydrogen) atoms. The van der Waals surface area contributed by atoms with E-state index in [1.807, 2.05) is 56.6 Å². The molecule has 2 aromatic carbocycles. The van der Waals surface area contributed by atoms with Gasteiger partial charge in [-0.15, -0.1) is 0 Å². The number of aromatic nitrogens is 2. The molecule has 7 heteroatoms. The SMILES string of the molecule is CCCCc1[nH]c(/N=C/N(C)C)nc(=O)c1Cc1ccc(-c2ccccc2C(=O)OC)cc1. The Balaban J connectivity index is 1.91. The van der Waals surface area contributed by atoms with Gasteiger partial charge in [0.1, 0.15) is 0 Å². The van der Waals surface area contributed by atoms with Crippen LogP contribution >= 0.6 is 0 Å². The van der Waals surface area contributed by atoms with Gasteiger partial charge in [-0.05, 0) is 35.6 Å². The first-order chi connectivity index (χ1) is 15.9. The van der Waals surface area contributed by atoms with Gasteiger partial charge in [0.2, 0.25) is 5.95 Å². The maximum absolute atomic E-state index is 12.8. The van der Waals surface area contributed by atoms with Crippen LogP contribution in [0, 0.1) is 0 Å². The Kier molecular flexibility index (Phi) is 8.13. The fraction of sp³-hybridized carbons (Fsp3) is 0.308. The van der Waals surface area contributed by atoms with E-state index < -0.39 is 0 Å². The average molecular weight is 447 g/mol. The van der Waals surface area contributed by atoms with E-state index in [4.69, 9.17) is 4.74 Å². The Morgan fingerprint density at radius 1 is 1.15 bits per heavy atom. The lowest BCUT2D eigenvalue weighted by atomic mass is 9.96. The summed E-state index contributed by atoms with van der Waals surface area (Å²) in [5.41, 5.74) is 4.50. The second kappa shape index (κ2) is 11.2. The number of unbranched alkanes of at least 4 members (excludes halogenated alkanes) is 1. The number of carbonyl (C=O) groups is 1. The van der Waals surface area contributed by atoms with Crippen LogP contribution in [0.25, 0.3) is 11.1 Å². The number of hydrogen-bond acceptors (Lipinski definition) is 5. The van der Waals surface area contributed by atoms with Crippen LogP contribution in [0.4, 0.5) is 5.95 Å². The summed E-state index contributed by atoms with van der Waals surface area (Å²) in [5.74, 6) is -0.0526. The largest absolute Gasteiger partial charge is 0.465 e. The van der Waals surface area contributed by atoms with Crippen LogP contribution < -0.4 is 5.56 Å². The van der Waals surface area contributed by atoms with E-state index in [9.17, 15) is 9.59 Å². The van der Waals surface area contributed by atoms with Crippen molar-refractivity contribution in [2.75, 3.05) is 21.2 Å². The number of methoxy groups -OCH3 is 1. The van der Waals surface area contributed by atoms with Crippen molar-refractivity contribution < 1.29 is 9.53 Å². The zero-order chi connectivity index (χ0) is 23.8. The van der Waals surface area contributed by atoms with Crippen molar-refractivity contribution in [3.8, 4) is 11.1 Å². The molecule has 0 saturated heterocycles. The predicted molar refractivity (Wildman–Crippen MR) is 131 cm³/mol. The zero-order valence-corrected chi connectivity index (χ0v) is 19.6. The van der Waals surface area contributed by atoms with Crippen molar-refractivity contribution >= 4 is 18.3 Å². The van der Waals surface area contributed by atoms with Crippen molar-refractivity contribution in [2.45, 2.75) is 32.6 Å². The van der Waals surface area contributed by atoms with Crippen LogP contribution in [0.15, 0.2) is 58.3 Å². The summed E-state index contributed by atoms with van der Waals surface area (Å²) in [7, 11) is 5.10. The van der Waals surface area contributed by atoms with Crippen molar-refractivity contribution in [1.29, 1.82) is 0 Å². The summed E-state index contributed by atoms with van der Waals surface area (Å²) < 4.78 is 4.90. The number of aliphatic imine (C=N–C) groups is 1. The highest BCUT2D eigenvalue weighted by Gasteiger charge is 2.14. The lowest BCUT2D eigenvalue weighted by molar-refractivity contribution is 0.0601. The number of benzene rings is 2. The van der Waals surface area contributed by atoms with E-state index in [-0.39, 0.29) is 11.5 Å². The van der Waals surface area contributed by atoms with Gasteiger partial charge in [-0.25, -0.2) is 9.79 Å². The van der Waals surface area contributed by atoms with Crippen LogP contribution in [-0.4, -0.2) is 48.4 Å². The number of aromatic amines is 1. The lowest BCUT2D eigenvalue weighted by Gasteiger charge is -2.11. The number of esters is 1. The second-order valence-corrected chi connectivity index (χ2v) is 8.05. The van der Waals surface area contributed by atoms with E-state index >= 15 is 0 Å². The molecule has 0 aliphatic rings. The Bertz CT molecular complexity index is 1180. The van der Waals surface area contributed by atoms with Crippen LogP contribution in [0.5, 0.6) is 0 Å². The Morgan fingerprint density at radius 3 is 2.55 bits per heavy atom. The maximum atomic E-state index is 12.8. The molecule has 172 valence electrons. The van der Waals surface area contributed by atoms with Gasteiger partial charge in [0, 0.05) is 31.8 Å². The second-order valence-electron chi connectivity index (χ2n) is 8.05. The fourth-order valence-corrected chi connectivity index (χ4v) is 3.54. The average Bonchev–Trinajstić information content (AvgIpc) is 2.83. The van der Waals surface area contributed by atoms with Gasteiger partial charge < -0.3 is 14.6 Å². The quantitative estimate of drug-likeness (QED) is 0.299. The minimum absolute atomic E-state index is 0.258. The van der Waals surface area contributed by atoms with Gasteiger partial charge in [-0.2, -0.15) is 4.98 Å². The third kappa shape index (κ3) is 6.16. The van der Waals surface area contributed by atoms with Crippen molar-refractivity contribution in [3.63, 3.8) is 0 Å². The van der Waals surface area contributed by atoms with E-state index in [2.05, 4.69) is 21.9 Å². The number of carbonyl (C=O) groups excluding carboxylic acids is 1. The van der Waals surface area contributed by atoms with Crippen LogP contribution in [0.1, 0.15) is 46.9 Å².